The summed E-state index contributed by atoms with van der Waals surface area (Å²) >= 11 is 0. The van der Waals surface area contributed by atoms with Crippen LogP contribution >= 0.6 is 0 Å². The van der Waals surface area contributed by atoms with Crippen molar-refractivity contribution in [2.45, 2.75) is 38.8 Å². The van der Waals surface area contributed by atoms with E-state index in [9.17, 15) is 4.79 Å². The maximum Gasteiger partial charge on any atom is 0.251 e. The topological polar surface area (TPSA) is 78.3 Å². The molecule has 0 spiro atoms. The van der Waals surface area contributed by atoms with Crippen LogP contribution < -0.4 is 14.8 Å². The van der Waals surface area contributed by atoms with Gasteiger partial charge in [-0.15, -0.1) is 10.2 Å². The van der Waals surface area contributed by atoms with Gasteiger partial charge < -0.3 is 19.4 Å². The Hall–Kier alpha value is -2.57. The summed E-state index contributed by atoms with van der Waals surface area (Å²) in [6.07, 6.45) is 2.55. The van der Waals surface area contributed by atoms with Crippen molar-refractivity contribution in [2.75, 3.05) is 6.79 Å². The van der Waals surface area contributed by atoms with Gasteiger partial charge in [0.2, 0.25) is 6.79 Å². The normalized spacial score (nSPS) is 18.6. The Balaban J connectivity index is 1.47. The molecule has 23 heavy (non-hydrogen) atoms. The van der Waals surface area contributed by atoms with Crippen LogP contribution in [0.15, 0.2) is 18.2 Å². The number of ether oxygens (including phenoxy) is 2. The van der Waals surface area contributed by atoms with Crippen molar-refractivity contribution in [2.24, 2.45) is 0 Å². The lowest BCUT2D eigenvalue weighted by Crippen LogP contribution is -2.41. The molecule has 0 aliphatic carbocycles. The SMILES string of the molecule is CCc1nnc2n1CC(NC(=O)c1ccc3c(c1)OCO3)CC2. The average molecular weight is 314 g/mol. The van der Waals surface area contributed by atoms with E-state index in [-0.39, 0.29) is 18.7 Å². The van der Waals surface area contributed by atoms with Gasteiger partial charge in [-0.25, -0.2) is 0 Å². The molecule has 2 aliphatic heterocycles. The van der Waals surface area contributed by atoms with Gasteiger partial charge in [0, 0.05) is 31.0 Å². The minimum atomic E-state index is -0.0946. The van der Waals surface area contributed by atoms with Crippen LogP contribution in [0.1, 0.15) is 35.4 Å². The molecule has 0 fully saturated rings. The molecule has 7 heteroatoms. The van der Waals surface area contributed by atoms with E-state index < -0.39 is 0 Å². The molecule has 1 atom stereocenters. The molecule has 4 rings (SSSR count). The molecule has 0 radical (unpaired) electrons. The van der Waals surface area contributed by atoms with Crippen LogP contribution in [0.5, 0.6) is 11.5 Å². The number of fused-ring (bicyclic) bond motifs is 2. The molecular formula is C16H18N4O3. The fourth-order valence-corrected chi connectivity index (χ4v) is 3.07. The van der Waals surface area contributed by atoms with Crippen LogP contribution in [0, 0.1) is 0 Å². The summed E-state index contributed by atoms with van der Waals surface area (Å²) < 4.78 is 12.7. The minimum absolute atomic E-state index is 0.0849. The number of carbonyl (C=O) groups excluding carboxylic acids is 1. The van der Waals surface area contributed by atoms with Crippen molar-refractivity contribution in [1.29, 1.82) is 0 Å². The molecule has 3 heterocycles. The number of amides is 1. The van der Waals surface area contributed by atoms with Crippen LogP contribution in [-0.2, 0) is 19.4 Å². The van der Waals surface area contributed by atoms with E-state index in [1.165, 1.54) is 0 Å². The number of nitrogens with zero attached hydrogens (tertiary/aromatic N) is 3. The number of rotatable bonds is 3. The lowest BCUT2D eigenvalue weighted by Gasteiger charge is -2.25. The summed E-state index contributed by atoms with van der Waals surface area (Å²) in [5.74, 6) is 3.19. The van der Waals surface area contributed by atoms with Crippen LogP contribution in [-0.4, -0.2) is 33.5 Å². The number of hydrogen-bond acceptors (Lipinski definition) is 5. The Morgan fingerprint density at radius 2 is 2.22 bits per heavy atom. The maximum atomic E-state index is 12.5. The summed E-state index contributed by atoms with van der Waals surface area (Å²) in [5, 5.41) is 11.5. The zero-order valence-electron chi connectivity index (χ0n) is 12.9. The number of aryl methyl sites for hydroxylation is 2. The first-order chi connectivity index (χ1) is 11.2. The Bertz CT molecular complexity index is 742. The van der Waals surface area contributed by atoms with E-state index in [2.05, 4.69) is 27.0 Å². The van der Waals surface area contributed by atoms with Crippen molar-refractivity contribution in [3.8, 4) is 11.5 Å². The number of aromatic nitrogens is 3. The molecule has 0 bridgehead atoms. The third-order valence-electron chi connectivity index (χ3n) is 4.31. The third kappa shape index (κ3) is 2.52. The molecule has 0 saturated heterocycles. The quantitative estimate of drug-likeness (QED) is 0.924. The van der Waals surface area contributed by atoms with E-state index in [1.807, 2.05) is 0 Å². The Kier molecular flexibility index (Phi) is 3.40. The third-order valence-corrected chi connectivity index (χ3v) is 4.31. The second-order valence-corrected chi connectivity index (χ2v) is 5.77. The Morgan fingerprint density at radius 1 is 1.35 bits per heavy atom. The second kappa shape index (κ2) is 5.57. The van der Waals surface area contributed by atoms with Crippen molar-refractivity contribution >= 4 is 5.91 Å². The van der Waals surface area contributed by atoms with E-state index in [0.29, 0.717) is 17.1 Å². The van der Waals surface area contributed by atoms with Crippen LogP contribution in [0.25, 0.3) is 0 Å². The zero-order chi connectivity index (χ0) is 15.8. The summed E-state index contributed by atoms with van der Waals surface area (Å²) in [6, 6.07) is 5.34. The minimum Gasteiger partial charge on any atom is -0.454 e. The number of hydrogen-bond donors (Lipinski definition) is 1. The highest BCUT2D eigenvalue weighted by Gasteiger charge is 2.24. The lowest BCUT2D eigenvalue weighted by atomic mass is 10.1. The Labute approximate surface area is 133 Å². The largest absolute Gasteiger partial charge is 0.454 e. The van der Waals surface area contributed by atoms with Gasteiger partial charge in [-0.2, -0.15) is 0 Å². The second-order valence-electron chi connectivity index (χ2n) is 5.77. The molecule has 2 aliphatic rings. The predicted molar refractivity (Wildman–Crippen MR) is 81.5 cm³/mol. The first kappa shape index (κ1) is 14.0. The summed E-state index contributed by atoms with van der Waals surface area (Å²) in [7, 11) is 0. The molecule has 1 aromatic carbocycles. The molecule has 120 valence electrons. The molecule has 1 unspecified atom stereocenters. The fraction of sp³-hybridized carbons (Fsp3) is 0.438. The number of carbonyl (C=O) groups is 1. The summed E-state index contributed by atoms with van der Waals surface area (Å²) in [4.78, 5) is 12.5. The average Bonchev–Trinajstić information content (AvgIpc) is 3.20. The van der Waals surface area contributed by atoms with E-state index in [0.717, 1.165) is 37.5 Å². The highest BCUT2D eigenvalue weighted by atomic mass is 16.7. The van der Waals surface area contributed by atoms with Crippen molar-refractivity contribution in [3.05, 3.63) is 35.4 Å². The monoisotopic (exact) mass is 314 g/mol. The standard InChI is InChI=1S/C16H18N4O3/c1-2-14-18-19-15-6-4-11(8-20(14)15)17-16(21)10-3-5-12-13(7-10)23-9-22-12/h3,5,7,11H,2,4,6,8-9H2,1H3,(H,17,21). The molecule has 1 aromatic heterocycles. The van der Waals surface area contributed by atoms with E-state index in [1.54, 1.807) is 18.2 Å². The predicted octanol–water partition coefficient (Wildman–Crippen LogP) is 1.31. The van der Waals surface area contributed by atoms with Crippen LogP contribution in [0.4, 0.5) is 0 Å². The van der Waals surface area contributed by atoms with Gasteiger partial charge in [0.25, 0.3) is 5.91 Å². The smallest absolute Gasteiger partial charge is 0.251 e. The van der Waals surface area contributed by atoms with E-state index >= 15 is 0 Å². The first-order valence-corrected chi connectivity index (χ1v) is 7.86. The highest BCUT2D eigenvalue weighted by Crippen LogP contribution is 2.32. The van der Waals surface area contributed by atoms with Crippen LogP contribution in [0.3, 0.4) is 0 Å². The molecule has 2 aromatic rings. The van der Waals surface area contributed by atoms with Crippen molar-refractivity contribution in [3.63, 3.8) is 0 Å². The molecular weight excluding hydrogens is 296 g/mol. The number of nitrogens with one attached hydrogen (secondary N) is 1. The molecule has 1 N–H and O–H groups in total. The van der Waals surface area contributed by atoms with Gasteiger partial charge in [0.1, 0.15) is 11.6 Å². The maximum absolute atomic E-state index is 12.5. The first-order valence-electron chi connectivity index (χ1n) is 7.86. The van der Waals surface area contributed by atoms with Gasteiger partial charge in [0.05, 0.1) is 0 Å². The molecule has 0 saturated carbocycles. The summed E-state index contributed by atoms with van der Waals surface area (Å²) in [5.41, 5.74) is 0.583. The molecule has 7 nitrogen and oxygen atoms in total. The van der Waals surface area contributed by atoms with Crippen LogP contribution in [0.2, 0.25) is 0 Å². The Morgan fingerprint density at radius 3 is 3.09 bits per heavy atom. The zero-order valence-corrected chi connectivity index (χ0v) is 12.9. The van der Waals surface area contributed by atoms with Gasteiger partial charge in [-0.3, -0.25) is 4.79 Å². The highest BCUT2D eigenvalue weighted by molar-refractivity contribution is 5.95. The van der Waals surface area contributed by atoms with Crippen molar-refractivity contribution in [1.82, 2.24) is 20.1 Å². The van der Waals surface area contributed by atoms with Gasteiger partial charge in [-0.1, -0.05) is 6.92 Å². The van der Waals surface area contributed by atoms with Gasteiger partial charge >= 0.3 is 0 Å². The van der Waals surface area contributed by atoms with E-state index in [4.69, 9.17) is 9.47 Å². The van der Waals surface area contributed by atoms with Gasteiger partial charge in [0.15, 0.2) is 11.5 Å². The lowest BCUT2D eigenvalue weighted by molar-refractivity contribution is 0.0927. The fourth-order valence-electron chi connectivity index (χ4n) is 3.07. The summed E-state index contributed by atoms with van der Waals surface area (Å²) in [6.45, 7) is 2.99. The molecule has 1 amide bonds. The van der Waals surface area contributed by atoms with Crippen molar-refractivity contribution < 1.29 is 14.3 Å². The van der Waals surface area contributed by atoms with Gasteiger partial charge in [-0.05, 0) is 24.6 Å². The number of benzene rings is 1.